The third-order valence-electron chi connectivity index (χ3n) is 3.72. The van der Waals surface area contributed by atoms with Crippen molar-refractivity contribution < 1.29 is 0 Å². The van der Waals surface area contributed by atoms with Gasteiger partial charge in [-0.05, 0) is 24.3 Å². The third-order valence-corrected chi connectivity index (χ3v) is 4.53. The Labute approximate surface area is 141 Å². The van der Waals surface area contributed by atoms with Gasteiger partial charge in [-0.3, -0.25) is 0 Å². The highest BCUT2D eigenvalue weighted by Gasteiger charge is 2.16. The van der Waals surface area contributed by atoms with Crippen molar-refractivity contribution in [2.75, 3.05) is 0 Å². The first kappa shape index (κ1) is 13.9. The van der Waals surface area contributed by atoms with Gasteiger partial charge >= 0.3 is 0 Å². The molecule has 0 radical (unpaired) electrons. The van der Waals surface area contributed by atoms with Crippen molar-refractivity contribution in [3.8, 4) is 11.1 Å². The van der Waals surface area contributed by atoms with Crippen LogP contribution in [0.5, 0.6) is 0 Å². The molecule has 0 spiro atoms. The van der Waals surface area contributed by atoms with Crippen LogP contribution in [0.25, 0.3) is 32.9 Å². The van der Waals surface area contributed by atoms with Crippen molar-refractivity contribution in [3.05, 3.63) is 63.9 Å². The van der Waals surface area contributed by atoms with Gasteiger partial charge in [0.2, 0.25) is 0 Å². The quantitative estimate of drug-likeness (QED) is 0.400. The SMILES string of the molecule is Clc1ccc(-c2c(Cl)ccc3c2[nH]c2ccccc23)c(Cl)n1. The fourth-order valence-corrected chi connectivity index (χ4v) is 3.45. The second kappa shape index (κ2) is 5.17. The molecule has 2 heterocycles. The fourth-order valence-electron chi connectivity index (χ4n) is 2.76. The van der Waals surface area contributed by atoms with E-state index in [9.17, 15) is 0 Å². The molecule has 0 bridgehead atoms. The van der Waals surface area contributed by atoms with E-state index in [0.29, 0.717) is 15.3 Å². The highest BCUT2D eigenvalue weighted by molar-refractivity contribution is 6.38. The molecule has 2 aromatic heterocycles. The summed E-state index contributed by atoms with van der Waals surface area (Å²) < 4.78 is 0. The fraction of sp³-hybridized carbons (Fsp3) is 0. The summed E-state index contributed by atoms with van der Waals surface area (Å²) in [5.74, 6) is 0. The van der Waals surface area contributed by atoms with Gasteiger partial charge in [-0.15, -0.1) is 0 Å². The minimum Gasteiger partial charge on any atom is -0.354 e. The lowest BCUT2D eigenvalue weighted by molar-refractivity contribution is 1.33. The zero-order valence-corrected chi connectivity index (χ0v) is 13.5. The van der Waals surface area contributed by atoms with Crippen molar-refractivity contribution >= 4 is 56.6 Å². The number of aromatic nitrogens is 2. The summed E-state index contributed by atoms with van der Waals surface area (Å²) in [6.45, 7) is 0. The molecule has 0 fully saturated rings. The first-order valence-corrected chi connectivity index (χ1v) is 7.80. The summed E-state index contributed by atoms with van der Waals surface area (Å²) in [5.41, 5.74) is 3.59. The summed E-state index contributed by atoms with van der Waals surface area (Å²) >= 11 is 18.6. The van der Waals surface area contributed by atoms with E-state index in [-0.39, 0.29) is 0 Å². The molecule has 4 aromatic rings. The minimum absolute atomic E-state index is 0.334. The van der Waals surface area contributed by atoms with E-state index in [2.05, 4.69) is 16.0 Å². The van der Waals surface area contributed by atoms with Gasteiger partial charge in [-0.2, -0.15) is 0 Å². The van der Waals surface area contributed by atoms with E-state index in [0.717, 1.165) is 32.9 Å². The molecule has 2 nitrogen and oxygen atoms in total. The standard InChI is InChI=1S/C17H9Cl3N2/c18-12-7-5-10-9-3-1-2-4-13(9)21-16(10)15(12)11-6-8-14(19)22-17(11)20/h1-8,21H. The highest BCUT2D eigenvalue weighted by atomic mass is 35.5. The number of H-pyrrole nitrogens is 1. The average molecular weight is 348 g/mol. The summed E-state index contributed by atoms with van der Waals surface area (Å²) in [7, 11) is 0. The van der Waals surface area contributed by atoms with Crippen molar-refractivity contribution in [3.63, 3.8) is 0 Å². The molecule has 108 valence electrons. The van der Waals surface area contributed by atoms with Crippen LogP contribution in [0.1, 0.15) is 0 Å². The predicted molar refractivity (Wildman–Crippen MR) is 94.1 cm³/mol. The molecule has 0 aliphatic carbocycles. The molecule has 0 amide bonds. The van der Waals surface area contributed by atoms with Crippen molar-refractivity contribution in [1.82, 2.24) is 9.97 Å². The van der Waals surface area contributed by atoms with Crippen LogP contribution in [0.2, 0.25) is 15.3 Å². The number of halogens is 3. The Bertz CT molecular complexity index is 1020. The second-order valence-corrected chi connectivity index (χ2v) is 6.14. The normalized spacial score (nSPS) is 11.4. The molecule has 0 atom stereocenters. The zero-order valence-electron chi connectivity index (χ0n) is 11.2. The number of nitrogens with one attached hydrogen (secondary N) is 1. The Kier molecular flexibility index (Phi) is 3.26. The van der Waals surface area contributed by atoms with Crippen molar-refractivity contribution in [2.45, 2.75) is 0 Å². The molecule has 4 rings (SSSR count). The number of pyridine rings is 1. The molecule has 0 saturated heterocycles. The van der Waals surface area contributed by atoms with E-state index in [4.69, 9.17) is 34.8 Å². The van der Waals surface area contributed by atoms with E-state index in [1.54, 1.807) is 6.07 Å². The summed E-state index contributed by atoms with van der Waals surface area (Å²) in [5, 5.41) is 3.55. The van der Waals surface area contributed by atoms with Crippen LogP contribution in [0.3, 0.4) is 0 Å². The Morgan fingerprint density at radius 3 is 2.45 bits per heavy atom. The van der Waals surface area contributed by atoms with Gasteiger partial charge in [-0.25, -0.2) is 4.98 Å². The monoisotopic (exact) mass is 346 g/mol. The molecule has 0 aliphatic rings. The number of hydrogen-bond donors (Lipinski definition) is 1. The molecule has 5 heteroatoms. The van der Waals surface area contributed by atoms with E-state index in [1.807, 2.05) is 36.4 Å². The Morgan fingerprint density at radius 1 is 0.818 bits per heavy atom. The van der Waals surface area contributed by atoms with Gasteiger partial charge in [0.15, 0.2) is 0 Å². The van der Waals surface area contributed by atoms with Gasteiger partial charge in [0.05, 0.1) is 10.5 Å². The van der Waals surface area contributed by atoms with Crippen LogP contribution < -0.4 is 0 Å². The number of rotatable bonds is 1. The highest BCUT2D eigenvalue weighted by Crippen LogP contribution is 2.40. The Morgan fingerprint density at radius 2 is 1.64 bits per heavy atom. The lowest BCUT2D eigenvalue weighted by Crippen LogP contribution is -1.87. The van der Waals surface area contributed by atoms with Crippen LogP contribution in [-0.2, 0) is 0 Å². The van der Waals surface area contributed by atoms with Gasteiger partial charge in [-0.1, -0.05) is 59.1 Å². The molecule has 0 unspecified atom stereocenters. The maximum absolute atomic E-state index is 6.44. The second-order valence-electron chi connectivity index (χ2n) is 4.99. The maximum atomic E-state index is 6.44. The van der Waals surface area contributed by atoms with Gasteiger partial charge in [0.1, 0.15) is 10.3 Å². The predicted octanol–water partition coefficient (Wildman–Crippen LogP) is 6.34. The van der Waals surface area contributed by atoms with E-state index in [1.165, 1.54) is 0 Å². The molecule has 2 aromatic carbocycles. The Balaban J connectivity index is 2.14. The molecule has 1 N–H and O–H groups in total. The Hall–Kier alpha value is -1.74. The first-order chi connectivity index (χ1) is 10.6. The lowest BCUT2D eigenvalue weighted by Gasteiger charge is -2.08. The van der Waals surface area contributed by atoms with E-state index >= 15 is 0 Å². The molecular formula is C17H9Cl3N2. The number of hydrogen-bond acceptors (Lipinski definition) is 1. The summed E-state index contributed by atoms with van der Waals surface area (Å²) in [6, 6.07) is 15.6. The van der Waals surface area contributed by atoms with Gasteiger partial charge < -0.3 is 4.98 Å². The minimum atomic E-state index is 0.334. The molecule has 0 aliphatic heterocycles. The number of fused-ring (bicyclic) bond motifs is 3. The number of nitrogens with zero attached hydrogens (tertiary/aromatic N) is 1. The van der Waals surface area contributed by atoms with Gasteiger partial charge in [0, 0.05) is 27.4 Å². The average Bonchev–Trinajstić information content (AvgIpc) is 2.87. The maximum Gasteiger partial charge on any atom is 0.138 e. The van der Waals surface area contributed by atoms with Crippen molar-refractivity contribution in [2.24, 2.45) is 0 Å². The number of aromatic amines is 1. The van der Waals surface area contributed by atoms with Gasteiger partial charge in [0.25, 0.3) is 0 Å². The van der Waals surface area contributed by atoms with Crippen LogP contribution in [-0.4, -0.2) is 9.97 Å². The van der Waals surface area contributed by atoms with Crippen LogP contribution in [0, 0.1) is 0 Å². The third kappa shape index (κ3) is 2.07. The summed E-state index contributed by atoms with van der Waals surface area (Å²) in [4.78, 5) is 7.53. The number of para-hydroxylation sites is 1. The van der Waals surface area contributed by atoms with Crippen LogP contribution in [0.4, 0.5) is 0 Å². The topological polar surface area (TPSA) is 28.7 Å². The largest absolute Gasteiger partial charge is 0.354 e. The zero-order chi connectivity index (χ0) is 15.3. The molecule has 22 heavy (non-hydrogen) atoms. The van der Waals surface area contributed by atoms with Crippen molar-refractivity contribution in [1.29, 1.82) is 0 Å². The molecule has 0 saturated carbocycles. The molecular weight excluding hydrogens is 339 g/mol. The smallest absolute Gasteiger partial charge is 0.138 e. The lowest BCUT2D eigenvalue weighted by atomic mass is 10.0. The van der Waals surface area contributed by atoms with E-state index < -0.39 is 0 Å². The first-order valence-electron chi connectivity index (χ1n) is 6.66. The van der Waals surface area contributed by atoms with Crippen LogP contribution >= 0.6 is 34.8 Å². The summed E-state index contributed by atoms with van der Waals surface area (Å²) in [6.07, 6.45) is 0. The number of benzene rings is 2. The van der Waals surface area contributed by atoms with Crippen LogP contribution in [0.15, 0.2) is 48.5 Å².